The topological polar surface area (TPSA) is 75.6 Å². The lowest BCUT2D eigenvalue weighted by molar-refractivity contribution is -0.132. The van der Waals surface area contributed by atoms with E-state index < -0.39 is 0 Å². The van der Waals surface area contributed by atoms with E-state index in [9.17, 15) is 4.79 Å². The summed E-state index contributed by atoms with van der Waals surface area (Å²) in [5.74, 6) is 2.82. The van der Waals surface area contributed by atoms with Gasteiger partial charge >= 0.3 is 0 Å². The van der Waals surface area contributed by atoms with E-state index in [1.807, 2.05) is 12.1 Å². The fourth-order valence-electron chi connectivity index (χ4n) is 3.21. The molecule has 7 nitrogen and oxygen atoms in total. The van der Waals surface area contributed by atoms with E-state index >= 15 is 0 Å². The van der Waals surface area contributed by atoms with E-state index in [1.165, 1.54) is 0 Å². The zero-order chi connectivity index (χ0) is 16.5. The molecule has 24 heavy (non-hydrogen) atoms. The number of hydrogen-bond acceptors (Lipinski definition) is 6. The van der Waals surface area contributed by atoms with Gasteiger partial charge in [-0.1, -0.05) is 5.16 Å². The van der Waals surface area contributed by atoms with Gasteiger partial charge in [-0.25, -0.2) is 0 Å². The molecule has 2 aromatic heterocycles. The van der Waals surface area contributed by atoms with Gasteiger partial charge in [0.05, 0.1) is 25.4 Å². The quantitative estimate of drug-likeness (QED) is 0.809. The molecule has 1 aliphatic heterocycles. The van der Waals surface area contributed by atoms with Gasteiger partial charge in [0.25, 0.3) is 0 Å². The molecular weight excluding hydrogens is 308 g/mol. The van der Waals surface area contributed by atoms with Crippen molar-refractivity contribution in [2.45, 2.75) is 44.2 Å². The van der Waals surface area contributed by atoms with Crippen LogP contribution in [0.25, 0.3) is 0 Å². The van der Waals surface area contributed by atoms with Crippen LogP contribution in [0, 0.1) is 0 Å². The summed E-state index contributed by atoms with van der Waals surface area (Å²) in [5, 5.41) is 4.15. The predicted molar refractivity (Wildman–Crippen MR) is 85.0 cm³/mol. The zero-order valence-corrected chi connectivity index (χ0v) is 13.9. The van der Waals surface area contributed by atoms with Crippen molar-refractivity contribution in [3.63, 3.8) is 0 Å². The Kier molecular flexibility index (Phi) is 4.10. The summed E-state index contributed by atoms with van der Waals surface area (Å²) in [6.07, 6.45) is 5.93. The van der Waals surface area contributed by atoms with Gasteiger partial charge in [0.2, 0.25) is 11.8 Å². The van der Waals surface area contributed by atoms with Crippen LogP contribution >= 0.6 is 0 Å². The highest BCUT2D eigenvalue weighted by molar-refractivity contribution is 5.78. The van der Waals surface area contributed by atoms with E-state index in [0.29, 0.717) is 19.0 Å². The van der Waals surface area contributed by atoms with Gasteiger partial charge in [-0.05, 0) is 44.4 Å². The van der Waals surface area contributed by atoms with Crippen LogP contribution in [0.15, 0.2) is 27.3 Å². The van der Waals surface area contributed by atoms with Crippen LogP contribution in [0.3, 0.4) is 0 Å². The van der Waals surface area contributed by atoms with Gasteiger partial charge in [0.1, 0.15) is 5.76 Å². The maximum absolute atomic E-state index is 12.5. The molecule has 3 heterocycles. The Morgan fingerprint density at radius 1 is 1.42 bits per heavy atom. The third-order valence-corrected chi connectivity index (χ3v) is 4.78. The van der Waals surface area contributed by atoms with Gasteiger partial charge in [0, 0.05) is 13.0 Å². The lowest BCUT2D eigenvalue weighted by Crippen LogP contribution is -2.38. The van der Waals surface area contributed by atoms with Gasteiger partial charge in [-0.2, -0.15) is 4.98 Å². The molecular formula is C17H22N4O3. The highest BCUT2D eigenvalue weighted by atomic mass is 16.5. The summed E-state index contributed by atoms with van der Waals surface area (Å²) in [6.45, 7) is 1.74. The number of nitrogens with zero attached hydrogens (tertiary/aromatic N) is 4. The number of hydrogen-bond donors (Lipinski definition) is 0. The lowest BCUT2D eigenvalue weighted by atomic mass is 10.2. The smallest absolute Gasteiger partial charge is 0.236 e. The summed E-state index contributed by atoms with van der Waals surface area (Å²) in [7, 11) is 1.80. The Labute approximate surface area is 140 Å². The average Bonchev–Trinajstić information content (AvgIpc) is 2.97. The first-order valence-corrected chi connectivity index (χ1v) is 8.54. The summed E-state index contributed by atoms with van der Waals surface area (Å²) in [4.78, 5) is 20.9. The zero-order valence-electron chi connectivity index (χ0n) is 13.9. The van der Waals surface area contributed by atoms with E-state index in [-0.39, 0.29) is 11.9 Å². The maximum Gasteiger partial charge on any atom is 0.236 e. The molecule has 0 unspecified atom stereocenters. The van der Waals surface area contributed by atoms with Crippen LogP contribution in [0.2, 0.25) is 0 Å². The Morgan fingerprint density at radius 3 is 3.04 bits per heavy atom. The highest BCUT2D eigenvalue weighted by Crippen LogP contribution is 2.40. The average molecular weight is 330 g/mol. The molecule has 0 radical (unpaired) electrons. The van der Waals surface area contributed by atoms with Crippen LogP contribution in [0.4, 0.5) is 0 Å². The summed E-state index contributed by atoms with van der Waals surface area (Å²) < 4.78 is 10.7. The van der Waals surface area contributed by atoms with E-state index in [0.717, 1.165) is 49.7 Å². The molecule has 7 heteroatoms. The number of likely N-dealkylation sites (N-methyl/N-ethyl adjacent to an activating group) is 1. The van der Waals surface area contributed by atoms with Crippen molar-refractivity contribution in [2.75, 3.05) is 20.1 Å². The third-order valence-electron chi connectivity index (χ3n) is 4.78. The van der Waals surface area contributed by atoms with Crippen molar-refractivity contribution >= 4 is 5.91 Å². The number of carbonyl (C=O) groups excluding carboxylic acids is 1. The number of amides is 1. The largest absolute Gasteiger partial charge is 0.467 e. The Balaban J connectivity index is 1.38. The number of carbonyl (C=O) groups is 1. The number of rotatable bonds is 6. The van der Waals surface area contributed by atoms with Crippen LogP contribution in [-0.2, 0) is 11.3 Å². The Morgan fingerprint density at radius 2 is 2.29 bits per heavy atom. The van der Waals surface area contributed by atoms with Gasteiger partial charge in [0.15, 0.2) is 5.82 Å². The molecule has 2 fully saturated rings. The molecule has 1 atom stereocenters. The van der Waals surface area contributed by atoms with Gasteiger partial charge < -0.3 is 13.8 Å². The molecule has 0 spiro atoms. The Hall–Kier alpha value is -2.15. The molecule has 1 saturated heterocycles. The molecule has 1 aliphatic carbocycles. The normalized spacial score (nSPS) is 21.3. The summed E-state index contributed by atoms with van der Waals surface area (Å²) >= 11 is 0. The van der Waals surface area contributed by atoms with E-state index in [1.54, 1.807) is 18.2 Å². The molecule has 1 amide bonds. The number of aromatic nitrogens is 2. The van der Waals surface area contributed by atoms with Crippen molar-refractivity contribution in [1.82, 2.24) is 19.9 Å². The predicted octanol–water partition coefficient (Wildman–Crippen LogP) is 2.34. The molecule has 0 N–H and O–H groups in total. The minimum absolute atomic E-state index is 0.0733. The van der Waals surface area contributed by atoms with Crippen LogP contribution in [0.5, 0.6) is 0 Å². The van der Waals surface area contributed by atoms with Gasteiger partial charge in [-0.3, -0.25) is 9.69 Å². The summed E-state index contributed by atoms with van der Waals surface area (Å²) in [5.41, 5.74) is 0. The van der Waals surface area contributed by atoms with Crippen molar-refractivity contribution in [3.8, 4) is 0 Å². The molecule has 2 aromatic rings. The lowest BCUT2D eigenvalue weighted by Gasteiger charge is -2.24. The van der Waals surface area contributed by atoms with E-state index in [2.05, 4.69) is 15.0 Å². The second-order valence-electron chi connectivity index (χ2n) is 6.72. The molecule has 1 saturated carbocycles. The van der Waals surface area contributed by atoms with Crippen LogP contribution in [0.1, 0.15) is 55.1 Å². The Bertz CT molecular complexity index is 693. The molecule has 2 aliphatic rings. The molecule has 0 aromatic carbocycles. The van der Waals surface area contributed by atoms with Gasteiger partial charge in [-0.15, -0.1) is 0 Å². The molecule has 128 valence electrons. The second kappa shape index (κ2) is 6.39. The molecule has 0 bridgehead atoms. The monoisotopic (exact) mass is 330 g/mol. The number of likely N-dealkylation sites (tertiary alicyclic amines) is 1. The third kappa shape index (κ3) is 3.21. The van der Waals surface area contributed by atoms with Crippen molar-refractivity contribution in [2.24, 2.45) is 0 Å². The SMILES string of the molecule is CN(Cc1ccco1)C(=O)CN1CCC[C@H]1c1noc(C2CC2)n1. The summed E-state index contributed by atoms with van der Waals surface area (Å²) in [6, 6.07) is 3.79. The number of furan rings is 1. The van der Waals surface area contributed by atoms with Crippen LogP contribution in [-0.4, -0.2) is 46.0 Å². The standard InChI is InChI=1S/C17H22N4O3/c1-20(10-13-4-3-9-23-13)15(22)11-21-8-2-5-14(21)16-18-17(24-19-16)12-6-7-12/h3-4,9,12,14H,2,5-8,10-11H2,1H3/t14-/m0/s1. The minimum atomic E-state index is 0.0733. The van der Waals surface area contributed by atoms with Crippen molar-refractivity contribution < 1.29 is 13.7 Å². The molecule has 4 rings (SSSR count). The maximum atomic E-state index is 12.5. The van der Waals surface area contributed by atoms with E-state index in [4.69, 9.17) is 8.94 Å². The highest BCUT2D eigenvalue weighted by Gasteiger charge is 2.35. The first-order chi connectivity index (χ1) is 11.7. The van der Waals surface area contributed by atoms with Crippen molar-refractivity contribution in [3.05, 3.63) is 35.9 Å². The van der Waals surface area contributed by atoms with Crippen LogP contribution < -0.4 is 0 Å². The second-order valence-corrected chi connectivity index (χ2v) is 6.72. The minimum Gasteiger partial charge on any atom is -0.467 e. The fraction of sp³-hybridized carbons (Fsp3) is 0.588. The first-order valence-electron chi connectivity index (χ1n) is 8.54. The fourth-order valence-corrected chi connectivity index (χ4v) is 3.21. The van der Waals surface area contributed by atoms with Crippen molar-refractivity contribution in [1.29, 1.82) is 0 Å². The first kappa shape index (κ1) is 15.4.